The third kappa shape index (κ3) is 3.03. The molecular weight excluding hydrogens is 312 g/mol. The average molecular weight is 323 g/mol. The van der Waals surface area contributed by atoms with Crippen LogP contribution in [0.25, 0.3) is 0 Å². The van der Waals surface area contributed by atoms with Crippen LogP contribution in [-0.4, -0.2) is 21.1 Å². The Morgan fingerprint density at radius 2 is 1.95 bits per heavy atom. The lowest BCUT2D eigenvalue weighted by molar-refractivity contribution is 0.102. The zero-order chi connectivity index (χ0) is 14.0. The van der Waals surface area contributed by atoms with Crippen LogP contribution in [0.1, 0.15) is 16.1 Å². The number of nitrogens with zero attached hydrogens (tertiary/aromatic N) is 1. The van der Waals surface area contributed by atoms with Crippen molar-refractivity contribution in [2.24, 2.45) is 0 Å². The van der Waals surface area contributed by atoms with Gasteiger partial charge >= 0.3 is 0 Å². The molecule has 2 aromatic rings. The van der Waals surface area contributed by atoms with E-state index >= 15 is 0 Å². The molecule has 3 N–H and O–H groups in total. The van der Waals surface area contributed by atoms with Crippen LogP contribution < -0.4 is 5.32 Å². The summed E-state index contributed by atoms with van der Waals surface area (Å²) in [6, 6.07) is 7.30. The topological polar surface area (TPSA) is 82.5 Å². The second-order valence-electron chi connectivity index (χ2n) is 3.92. The number of anilines is 1. The Kier molecular flexibility index (Phi) is 3.71. The molecule has 1 heterocycles. The number of aromatic hydroxyl groups is 2. The van der Waals surface area contributed by atoms with Crippen LogP contribution >= 0.6 is 15.9 Å². The van der Waals surface area contributed by atoms with Gasteiger partial charge in [0.1, 0.15) is 5.82 Å². The van der Waals surface area contributed by atoms with Crippen LogP contribution in [0.3, 0.4) is 0 Å². The highest BCUT2D eigenvalue weighted by molar-refractivity contribution is 9.10. The third-order valence-corrected chi connectivity index (χ3v) is 3.34. The maximum Gasteiger partial charge on any atom is 0.256 e. The molecule has 0 fully saturated rings. The third-order valence-electron chi connectivity index (χ3n) is 2.50. The molecule has 0 spiro atoms. The minimum Gasteiger partial charge on any atom is -0.504 e. The van der Waals surface area contributed by atoms with Crippen molar-refractivity contribution in [1.82, 2.24) is 4.98 Å². The fourth-order valence-electron chi connectivity index (χ4n) is 1.47. The summed E-state index contributed by atoms with van der Waals surface area (Å²) in [5.74, 6) is -0.607. The Morgan fingerprint density at radius 1 is 1.21 bits per heavy atom. The van der Waals surface area contributed by atoms with Crippen LogP contribution in [0.2, 0.25) is 0 Å². The van der Waals surface area contributed by atoms with Gasteiger partial charge in [0.25, 0.3) is 5.91 Å². The summed E-state index contributed by atoms with van der Waals surface area (Å²) in [5.41, 5.74) is 0.990. The normalized spacial score (nSPS) is 10.2. The second-order valence-corrected chi connectivity index (χ2v) is 4.78. The number of aromatic nitrogens is 1. The van der Waals surface area contributed by atoms with E-state index in [1.807, 2.05) is 6.92 Å². The number of carbonyl (C=O) groups excluding carboxylic acids is 1. The van der Waals surface area contributed by atoms with E-state index in [4.69, 9.17) is 0 Å². The van der Waals surface area contributed by atoms with Crippen molar-refractivity contribution in [3.8, 4) is 11.5 Å². The molecule has 1 aromatic carbocycles. The van der Waals surface area contributed by atoms with Crippen molar-refractivity contribution < 1.29 is 15.0 Å². The summed E-state index contributed by atoms with van der Waals surface area (Å²) in [6.45, 7) is 1.81. The molecule has 2 rings (SSSR count). The number of benzene rings is 1. The number of phenols is 2. The van der Waals surface area contributed by atoms with Crippen molar-refractivity contribution in [3.63, 3.8) is 0 Å². The Bertz CT molecular complexity index is 644. The van der Waals surface area contributed by atoms with E-state index in [1.165, 1.54) is 18.2 Å². The lowest BCUT2D eigenvalue weighted by Gasteiger charge is -2.07. The molecule has 6 heteroatoms. The summed E-state index contributed by atoms with van der Waals surface area (Å²) in [4.78, 5) is 16.1. The van der Waals surface area contributed by atoms with Crippen LogP contribution in [0.4, 0.5) is 5.82 Å². The number of halogens is 1. The van der Waals surface area contributed by atoms with E-state index in [9.17, 15) is 15.0 Å². The predicted molar refractivity (Wildman–Crippen MR) is 74.4 cm³/mol. The summed E-state index contributed by atoms with van der Waals surface area (Å²) in [5, 5.41) is 21.1. The van der Waals surface area contributed by atoms with Gasteiger partial charge in [0.05, 0.1) is 5.69 Å². The van der Waals surface area contributed by atoms with Gasteiger partial charge in [-0.3, -0.25) is 4.79 Å². The molecular formula is C13H11BrN2O3. The summed E-state index contributed by atoms with van der Waals surface area (Å²) in [6.07, 6.45) is 0. The molecule has 0 radical (unpaired) electrons. The molecule has 0 unspecified atom stereocenters. The number of pyridine rings is 1. The Balaban J connectivity index is 2.20. The minimum absolute atomic E-state index is 0.234. The molecule has 19 heavy (non-hydrogen) atoms. The molecule has 0 aliphatic rings. The van der Waals surface area contributed by atoms with Crippen molar-refractivity contribution in [1.29, 1.82) is 0 Å². The van der Waals surface area contributed by atoms with E-state index in [-0.39, 0.29) is 17.1 Å². The Morgan fingerprint density at radius 3 is 2.58 bits per heavy atom. The molecule has 5 nitrogen and oxygen atoms in total. The highest BCUT2D eigenvalue weighted by atomic mass is 79.9. The van der Waals surface area contributed by atoms with Crippen molar-refractivity contribution in [3.05, 3.63) is 46.1 Å². The van der Waals surface area contributed by atoms with E-state index in [0.29, 0.717) is 5.82 Å². The molecule has 0 bridgehead atoms. The van der Waals surface area contributed by atoms with Gasteiger partial charge in [-0.1, -0.05) is 0 Å². The number of hydrogen-bond donors (Lipinski definition) is 3. The number of carbonyl (C=O) groups is 1. The number of nitrogens with one attached hydrogen (secondary N) is 1. The van der Waals surface area contributed by atoms with Crippen molar-refractivity contribution in [2.75, 3.05) is 5.32 Å². The number of rotatable bonds is 2. The van der Waals surface area contributed by atoms with Crippen LogP contribution in [-0.2, 0) is 0 Å². The zero-order valence-electron chi connectivity index (χ0n) is 10.0. The highest BCUT2D eigenvalue weighted by Crippen LogP contribution is 2.25. The predicted octanol–water partition coefficient (Wildman–Crippen LogP) is 2.82. The van der Waals surface area contributed by atoms with Gasteiger partial charge in [-0.25, -0.2) is 4.98 Å². The van der Waals surface area contributed by atoms with E-state index < -0.39 is 5.91 Å². The Labute approximate surface area is 118 Å². The first-order valence-electron chi connectivity index (χ1n) is 5.44. The summed E-state index contributed by atoms with van der Waals surface area (Å²) in [7, 11) is 0. The lowest BCUT2D eigenvalue weighted by Crippen LogP contribution is -2.13. The number of amides is 1. The molecule has 0 atom stereocenters. The van der Waals surface area contributed by atoms with Crippen LogP contribution in [0.15, 0.2) is 34.8 Å². The van der Waals surface area contributed by atoms with E-state index in [1.54, 1.807) is 12.1 Å². The second kappa shape index (κ2) is 5.27. The summed E-state index contributed by atoms with van der Waals surface area (Å²) < 4.78 is 0.854. The number of hydrogen-bond acceptors (Lipinski definition) is 4. The first-order valence-corrected chi connectivity index (χ1v) is 6.23. The fourth-order valence-corrected chi connectivity index (χ4v) is 1.69. The van der Waals surface area contributed by atoms with Gasteiger partial charge in [-0.2, -0.15) is 0 Å². The maximum absolute atomic E-state index is 11.9. The largest absolute Gasteiger partial charge is 0.504 e. The molecule has 98 valence electrons. The molecule has 0 saturated carbocycles. The van der Waals surface area contributed by atoms with Crippen LogP contribution in [0, 0.1) is 6.92 Å². The first-order chi connectivity index (χ1) is 8.97. The highest BCUT2D eigenvalue weighted by Gasteiger charge is 2.10. The van der Waals surface area contributed by atoms with Gasteiger partial charge in [0, 0.05) is 10.0 Å². The standard InChI is InChI=1S/C13H11BrN2O3/c1-7-9(14)3-5-12(15-7)16-13(19)8-2-4-10(17)11(18)6-8/h2-6,17-18H,1H3,(H,15,16,19). The molecule has 0 saturated heterocycles. The minimum atomic E-state index is -0.412. The Hall–Kier alpha value is -2.08. The van der Waals surface area contributed by atoms with Crippen LogP contribution in [0.5, 0.6) is 11.5 Å². The fraction of sp³-hybridized carbons (Fsp3) is 0.0769. The number of phenolic OH excluding ortho intramolecular Hbond substituents is 2. The van der Waals surface area contributed by atoms with Crippen molar-refractivity contribution >= 4 is 27.7 Å². The summed E-state index contributed by atoms with van der Waals surface area (Å²) >= 11 is 3.32. The molecule has 0 aliphatic heterocycles. The van der Waals surface area contributed by atoms with Gasteiger partial charge < -0.3 is 15.5 Å². The molecule has 0 aliphatic carbocycles. The quantitative estimate of drug-likeness (QED) is 0.742. The van der Waals surface area contributed by atoms with E-state index in [0.717, 1.165) is 10.2 Å². The van der Waals surface area contributed by atoms with Gasteiger partial charge in [-0.05, 0) is 53.2 Å². The van der Waals surface area contributed by atoms with Gasteiger partial charge in [0.2, 0.25) is 0 Å². The molecule has 1 aromatic heterocycles. The van der Waals surface area contributed by atoms with E-state index in [2.05, 4.69) is 26.2 Å². The lowest BCUT2D eigenvalue weighted by atomic mass is 10.2. The first kappa shape index (κ1) is 13.4. The maximum atomic E-state index is 11.9. The zero-order valence-corrected chi connectivity index (χ0v) is 11.6. The van der Waals surface area contributed by atoms with Gasteiger partial charge in [0.15, 0.2) is 11.5 Å². The smallest absolute Gasteiger partial charge is 0.256 e. The monoisotopic (exact) mass is 322 g/mol. The van der Waals surface area contributed by atoms with Crippen molar-refractivity contribution in [2.45, 2.75) is 6.92 Å². The SMILES string of the molecule is Cc1nc(NC(=O)c2ccc(O)c(O)c2)ccc1Br. The van der Waals surface area contributed by atoms with Gasteiger partial charge in [-0.15, -0.1) is 0 Å². The average Bonchev–Trinajstić information content (AvgIpc) is 2.37. The molecule has 1 amide bonds. The number of aryl methyl sites for hydroxylation is 1.